The summed E-state index contributed by atoms with van der Waals surface area (Å²) >= 11 is 0. The fourth-order valence-corrected chi connectivity index (χ4v) is 1.18. The van der Waals surface area contributed by atoms with Gasteiger partial charge in [0, 0.05) is 25.0 Å². The van der Waals surface area contributed by atoms with E-state index in [0.717, 1.165) is 5.56 Å². The van der Waals surface area contributed by atoms with E-state index < -0.39 is 0 Å². The molecule has 0 amide bonds. The third kappa shape index (κ3) is 2.63. The summed E-state index contributed by atoms with van der Waals surface area (Å²) in [6, 6.07) is 5.29. The number of hydrogen-bond acceptors (Lipinski definition) is 4. The second kappa shape index (κ2) is 4.36. The molecule has 76 valence electrons. The van der Waals surface area contributed by atoms with Crippen molar-refractivity contribution < 1.29 is 0 Å². The minimum Gasteiger partial charge on any atom is -0.379 e. The van der Waals surface area contributed by atoms with Crippen LogP contribution < -0.4 is 10.9 Å². The van der Waals surface area contributed by atoms with Gasteiger partial charge in [-0.25, -0.2) is 5.10 Å². The van der Waals surface area contributed by atoms with Gasteiger partial charge in [-0.3, -0.25) is 9.78 Å². The number of aromatic nitrogens is 3. The number of anilines is 1. The second-order valence-corrected chi connectivity index (χ2v) is 3.05. The fourth-order valence-electron chi connectivity index (χ4n) is 1.18. The fraction of sp³-hybridized carbons (Fsp3) is 0.100. The first kappa shape index (κ1) is 9.39. The van der Waals surface area contributed by atoms with Crippen LogP contribution in [0, 0.1) is 0 Å². The van der Waals surface area contributed by atoms with Crippen LogP contribution in [-0.4, -0.2) is 15.2 Å². The van der Waals surface area contributed by atoms with Gasteiger partial charge in [0.2, 0.25) is 0 Å². The van der Waals surface area contributed by atoms with Gasteiger partial charge in [0.15, 0.2) is 0 Å². The van der Waals surface area contributed by atoms with Crippen molar-refractivity contribution in [3.63, 3.8) is 0 Å². The standard InChI is InChI=1S/C10H10N4O/c15-10-4-9(7-13-14-10)12-6-8-2-1-3-11-5-8/h1-5,7H,6H2,(H2,12,14,15). The SMILES string of the molecule is O=c1cc(NCc2cccnc2)cn[nH]1. The molecule has 2 aromatic heterocycles. The third-order valence-electron chi connectivity index (χ3n) is 1.88. The molecule has 5 nitrogen and oxygen atoms in total. The Morgan fingerprint density at radius 2 is 2.33 bits per heavy atom. The summed E-state index contributed by atoms with van der Waals surface area (Å²) in [5, 5.41) is 9.07. The molecule has 0 atom stereocenters. The van der Waals surface area contributed by atoms with Gasteiger partial charge in [-0.1, -0.05) is 6.07 Å². The van der Waals surface area contributed by atoms with Crippen molar-refractivity contribution >= 4 is 5.69 Å². The van der Waals surface area contributed by atoms with Crippen LogP contribution in [0.25, 0.3) is 0 Å². The molecule has 2 aromatic rings. The Labute approximate surface area is 86.2 Å². The van der Waals surface area contributed by atoms with Crippen LogP contribution in [0.5, 0.6) is 0 Å². The lowest BCUT2D eigenvalue weighted by molar-refractivity contribution is 0.980. The van der Waals surface area contributed by atoms with Crippen LogP contribution in [0.4, 0.5) is 5.69 Å². The molecular formula is C10H10N4O. The zero-order valence-electron chi connectivity index (χ0n) is 7.97. The Bertz CT molecular complexity index is 480. The van der Waals surface area contributed by atoms with Crippen LogP contribution in [-0.2, 0) is 6.54 Å². The summed E-state index contributed by atoms with van der Waals surface area (Å²) in [5.41, 5.74) is 1.53. The molecule has 2 heterocycles. The third-order valence-corrected chi connectivity index (χ3v) is 1.88. The molecule has 2 N–H and O–H groups in total. The summed E-state index contributed by atoms with van der Waals surface area (Å²) in [6.07, 6.45) is 5.06. The molecule has 0 radical (unpaired) electrons. The minimum absolute atomic E-state index is 0.216. The van der Waals surface area contributed by atoms with Gasteiger partial charge in [-0.2, -0.15) is 5.10 Å². The van der Waals surface area contributed by atoms with E-state index in [0.29, 0.717) is 12.2 Å². The van der Waals surface area contributed by atoms with Gasteiger partial charge in [0.25, 0.3) is 5.56 Å². The highest BCUT2D eigenvalue weighted by Gasteiger charge is 1.94. The largest absolute Gasteiger partial charge is 0.379 e. The van der Waals surface area contributed by atoms with Crippen LogP contribution in [0.1, 0.15) is 5.56 Å². The maximum Gasteiger partial charge on any atom is 0.266 e. The molecule has 0 saturated carbocycles. The number of hydrogen-bond donors (Lipinski definition) is 2. The van der Waals surface area contributed by atoms with Crippen molar-refractivity contribution in [2.45, 2.75) is 6.54 Å². The summed E-state index contributed by atoms with van der Waals surface area (Å²) in [5.74, 6) is 0. The molecule has 0 aliphatic carbocycles. The first-order valence-electron chi connectivity index (χ1n) is 4.52. The van der Waals surface area contributed by atoms with Crippen LogP contribution in [0.2, 0.25) is 0 Å². The maximum absolute atomic E-state index is 10.9. The number of pyridine rings is 1. The average molecular weight is 202 g/mol. The highest BCUT2D eigenvalue weighted by atomic mass is 16.1. The van der Waals surface area contributed by atoms with E-state index in [1.54, 1.807) is 18.6 Å². The Hall–Kier alpha value is -2.17. The second-order valence-electron chi connectivity index (χ2n) is 3.05. The molecule has 0 unspecified atom stereocenters. The van der Waals surface area contributed by atoms with Gasteiger partial charge < -0.3 is 5.32 Å². The number of aromatic amines is 1. The number of nitrogens with one attached hydrogen (secondary N) is 2. The van der Waals surface area contributed by atoms with Crippen molar-refractivity contribution in [1.82, 2.24) is 15.2 Å². The lowest BCUT2D eigenvalue weighted by atomic mass is 10.3. The van der Waals surface area contributed by atoms with E-state index in [1.807, 2.05) is 12.1 Å². The number of nitrogens with zero attached hydrogens (tertiary/aromatic N) is 2. The summed E-state index contributed by atoms with van der Waals surface area (Å²) in [6.45, 7) is 0.624. The van der Waals surface area contributed by atoms with E-state index in [4.69, 9.17) is 0 Å². The van der Waals surface area contributed by atoms with Crippen LogP contribution in [0.15, 0.2) is 41.6 Å². The van der Waals surface area contributed by atoms with E-state index in [1.165, 1.54) is 6.07 Å². The summed E-state index contributed by atoms with van der Waals surface area (Å²) in [7, 11) is 0. The molecule has 5 heteroatoms. The van der Waals surface area contributed by atoms with E-state index >= 15 is 0 Å². The first-order valence-corrected chi connectivity index (χ1v) is 4.52. The smallest absolute Gasteiger partial charge is 0.266 e. The molecule has 2 rings (SSSR count). The van der Waals surface area contributed by atoms with E-state index in [9.17, 15) is 4.79 Å². The first-order chi connectivity index (χ1) is 7.34. The monoisotopic (exact) mass is 202 g/mol. The number of rotatable bonds is 3. The van der Waals surface area contributed by atoms with Crippen LogP contribution >= 0.6 is 0 Å². The van der Waals surface area contributed by atoms with E-state index in [-0.39, 0.29) is 5.56 Å². The van der Waals surface area contributed by atoms with Crippen molar-refractivity contribution in [1.29, 1.82) is 0 Å². The lowest BCUT2D eigenvalue weighted by Gasteiger charge is -2.04. The zero-order chi connectivity index (χ0) is 10.5. The predicted molar refractivity (Wildman–Crippen MR) is 56.4 cm³/mol. The molecule has 0 saturated heterocycles. The van der Waals surface area contributed by atoms with Crippen molar-refractivity contribution in [2.24, 2.45) is 0 Å². The van der Waals surface area contributed by atoms with Gasteiger partial charge in [-0.15, -0.1) is 0 Å². The van der Waals surface area contributed by atoms with Gasteiger partial charge >= 0.3 is 0 Å². The summed E-state index contributed by atoms with van der Waals surface area (Å²) in [4.78, 5) is 14.9. The molecular weight excluding hydrogens is 192 g/mol. The summed E-state index contributed by atoms with van der Waals surface area (Å²) < 4.78 is 0. The Morgan fingerprint density at radius 3 is 3.07 bits per heavy atom. The highest BCUT2D eigenvalue weighted by molar-refractivity contribution is 5.39. The normalized spacial score (nSPS) is 9.87. The molecule has 0 aromatic carbocycles. The molecule has 15 heavy (non-hydrogen) atoms. The quantitative estimate of drug-likeness (QED) is 0.771. The topological polar surface area (TPSA) is 70.7 Å². The van der Waals surface area contributed by atoms with E-state index in [2.05, 4.69) is 20.5 Å². The zero-order valence-corrected chi connectivity index (χ0v) is 7.97. The van der Waals surface area contributed by atoms with Gasteiger partial charge in [0.1, 0.15) is 0 Å². The molecule has 0 aliphatic heterocycles. The predicted octanol–water partition coefficient (Wildman–Crippen LogP) is 0.777. The molecule has 0 spiro atoms. The lowest BCUT2D eigenvalue weighted by Crippen LogP contribution is -2.09. The maximum atomic E-state index is 10.9. The van der Waals surface area contributed by atoms with Crippen molar-refractivity contribution in [3.05, 3.63) is 52.7 Å². The van der Waals surface area contributed by atoms with Gasteiger partial charge in [0.05, 0.1) is 11.9 Å². The molecule has 0 aliphatic rings. The van der Waals surface area contributed by atoms with Crippen molar-refractivity contribution in [3.8, 4) is 0 Å². The van der Waals surface area contributed by atoms with Gasteiger partial charge in [-0.05, 0) is 11.6 Å². The molecule has 0 bridgehead atoms. The minimum atomic E-state index is -0.216. The Kier molecular flexibility index (Phi) is 2.73. The highest BCUT2D eigenvalue weighted by Crippen LogP contribution is 2.03. The Balaban J connectivity index is 2.02. The number of H-pyrrole nitrogens is 1. The molecule has 0 fully saturated rings. The Morgan fingerprint density at radius 1 is 1.40 bits per heavy atom. The van der Waals surface area contributed by atoms with Crippen molar-refractivity contribution in [2.75, 3.05) is 5.32 Å². The van der Waals surface area contributed by atoms with Crippen LogP contribution in [0.3, 0.4) is 0 Å². The average Bonchev–Trinajstić information content (AvgIpc) is 2.28.